The van der Waals surface area contributed by atoms with Crippen molar-refractivity contribution in [3.63, 3.8) is 0 Å². The average Bonchev–Trinajstić information content (AvgIpc) is 3.14. The lowest BCUT2D eigenvalue weighted by Crippen LogP contribution is -2.47. The maximum absolute atomic E-state index is 13.7. The normalized spacial score (nSPS) is 18.1. The Hall–Kier alpha value is -2.25. The van der Waals surface area contributed by atoms with Gasteiger partial charge in [-0.2, -0.15) is 0 Å². The third-order valence-corrected chi connectivity index (χ3v) is 7.02. The van der Waals surface area contributed by atoms with Gasteiger partial charge in [-0.15, -0.1) is 11.3 Å². The zero-order valence-corrected chi connectivity index (χ0v) is 16.3. The molecular formula is C21H22FNO4S. The highest BCUT2D eigenvalue weighted by Crippen LogP contribution is 2.45. The number of likely N-dealkylation sites (tertiary alicyclic amines) is 1. The summed E-state index contributed by atoms with van der Waals surface area (Å²) in [6.07, 6.45) is 2.71. The monoisotopic (exact) mass is 403 g/mol. The Bertz CT molecular complexity index is 902. The van der Waals surface area contributed by atoms with Gasteiger partial charge in [0.05, 0.1) is 6.61 Å². The van der Waals surface area contributed by atoms with E-state index in [1.807, 2.05) is 4.90 Å². The second kappa shape index (κ2) is 7.64. The van der Waals surface area contributed by atoms with Crippen molar-refractivity contribution in [1.29, 1.82) is 0 Å². The molecule has 1 fully saturated rings. The molecule has 1 saturated heterocycles. The molecule has 3 heterocycles. The van der Waals surface area contributed by atoms with Crippen molar-refractivity contribution >= 4 is 23.2 Å². The van der Waals surface area contributed by atoms with E-state index in [1.165, 1.54) is 17.4 Å². The predicted octanol–water partition coefficient (Wildman–Crippen LogP) is 3.61. The van der Waals surface area contributed by atoms with E-state index in [9.17, 15) is 19.1 Å². The molecule has 1 aromatic heterocycles. The molecule has 2 aromatic rings. The summed E-state index contributed by atoms with van der Waals surface area (Å²) in [6, 6.07) is 8.30. The topological polar surface area (TPSA) is 66.8 Å². The molecule has 5 nitrogen and oxygen atoms in total. The number of carboxylic acids is 1. The first kappa shape index (κ1) is 19.1. The fourth-order valence-electron chi connectivity index (χ4n) is 4.12. The molecule has 28 heavy (non-hydrogen) atoms. The van der Waals surface area contributed by atoms with Crippen molar-refractivity contribution in [2.45, 2.75) is 37.7 Å². The summed E-state index contributed by atoms with van der Waals surface area (Å²) in [7, 11) is 0. The summed E-state index contributed by atoms with van der Waals surface area (Å²) in [5.41, 5.74) is 1.14. The van der Waals surface area contributed by atoms with Crippen molar-refractivity contribution in [3.8, 4) is 0 Å². The fraction of sp³-hybridized carbons (Fsp3) is 0.429. The molecule has 2 aliphatic heterocycles. The number of amides is 1. The summed E-state index contributed by atoms with van der Waals surface area (Å²) >= 11 is 1.30. The van der Waals surface area contributed by atoms with Crippen LogP contribution in [-0.2, 0) is 28.0 Å². The second-order valence-corrected chi connectivity index (χ2v) is 8.39. The average molecular weight is 403 g/mol. The van der Waals surface area contributed by atoms with Crippen molar-refractivity contribution in [3.05, 3.63) is 57.0 Å². The van der Waals surface area contributed by atoms with Gasteiger partial charge in [0.1, 0.15) is 16.3 Å². The van der Waals surface area contributed by atoms with Crippen LogP contribution in [0.15, 0.2) is 30.3 Å². The summed E-state index contributed by atoms with van der Waals surface area (Å²) in [5, 5.41) is 9.30. The van der Waals surface area contributed by atoms with Gasteiger partial charge in [-0.1, -0.05) is 18.2 Å². The van der Waals surface area contributed by atoms with E-state index >= 15 is 0 Å². The number of ether oxygens (including phenoxy) is 1. The van der Waals surface area contributed by atoms with Crippen LogP contribution >= 0.6 is 11.3 Å². The number of halogens is 1. The first-order valence-electron chi connectivity index (χ1n) is 9.50. The zero-order chi connectivity index (χ0) is 19.7. The molecule has 0 bridgehead atoms. The van der Waals surface area contributed by atoms with Crippen LogP contribution in [0.2, 0.25) is 0 Å². The summed E-state index contributed by atoms with van der Waals surface area (Å²) in [6.45, 7) is 1.70. The molecule has 0 radical (unpaired) electrons. The van der Waals surface area contributed by atoms with Crippen LogP contribution in [0.3, 0.4) is 0 Å². The number of aromatic carboxylic acids is 1. The van der Waals surface area contributed by atoms with Crippen molar-refractivity contribution < 1.29 is 23.8 Å². The van der Waals surface area contributed by atoms with E-state index in [0.717, 1.165) is 16.9 Å². The minimum absolute atomic E-state index is 0.0199. The minimum Gasteiger partial charge on any atom is -0.477 e. The molecular weight excluding hydrogens is 381 g/mol. The number of carbonyl (C=O) groups excluding carboxylic acids is 1. The van der Waals surface area contributed by atoms with Gasteiger partial charge in [-0.05, 0) is 48.9 Å². The van der Waals surface area contributed by atoms with Crippen molar-refractivity contribution in [2.75, 3.05) is 19.7 Å². The fourth-order valence-corrected chi connectivity index (χ4v) is 5.37. The van der Waals surface area contributed by atoms with Gasteiger partial charge in [0.2, 0.25) is 5.91 Å². The number of nitrogens with zero attached hydrogens (tertiary/aromatic N) is 1. The number of piperidine rings is 1. The number of thiophene rings is 1. The summed E-state index contributed by atoms with van der Waals surface area (Å²) < 4.78 is 19.9. The van der Waals surface area contributed by atoms with Gasteiger partial charge in [-0.25, -0.2) is 9.18 Å². The van der Waals surface area contributed by atoms with Crippen LogP contribution in [0.4, 0.5) is 4.39 Å². The quantitative estimate of drug-likeness (QED) is 0.847. The number of fused-ring (bicyclic) bond motifs is 2. The molecule has 1 spiro atoms. The molecule has 1 amide bonds. The Morgan fingerprint density at radius 3 is 2.71 bits per heavy atom. The Morgan fingerprint density at radius 1 is 1.25 bits per heavy atom. The molecule has 1 N–H and O–H groups in total. The number of carboxylic acid groups (broad SMARTS) is 1. The number of aryl methyl sites for hydroxylation is 1. The Kier molecular flexibility index (Phi) is 5.21. The maximum atomic E-state index is 13.7. The second-order valence-electron chi connectivity index (χ2n) is 7.34. The lowest BCUT2D eigenvalue weighted by molar-refractivity contribution is -0.140. The smallest absolute Gasteiger partial charge is 0.345 e. The maximum Gasteiger partial charge on any atom is 0.345 e. The Morgan fingerprint density at radius 2 is 2.00 bits per heavy atom. The summed E-state index contributed by atoms with van der Waals surface area (Å²) in [4.78, 5) is 27.1. The molecule has 2 aliphatic rings. The molecule has 148 valence electrons. The lowest BCUT2D eigenvalue weighted by Gasteiger charge is -2.43. The molecule has 0 saturated carbocycles. The van der Waals surface area contributed by atoms with E-state index in [4.69, 9.17) is 4.74 Å². The summed E-state index contributed by atoms with van der Waals surface area (Å²) in [5.74, 6) is -1.16. The van der Waals surface area contributed by atoms with Crippen LogP contribution < -0.4 is 0 Å². The van der Waals surface area contributed by atoms with Crippen LogP contribution in [0.25, 0.3) is 0 Å². The van der Waals surface area contributed by atoms with E-state index in [0.29, 0.717) is 49.4 Å². The SMILES string of the molecule is O=C(O)c1cc2c(s1)C1(CCN(C(=O)CCc3ccccc3F)CC1)OCC2. The van der Waals surface area contributed by atoms with E-state index < -0.39 is 11.6 Å². The van der Waals surface area contributed by atoms with Gasteiger partial charge in [0, 0.05) is 24.4 Å². The van der Waals surface area contributed by atoms with Gasteiger partial charge >= 0.3 is 5.97 Å². The van der Waals surface area contributed by atoms with Crippen LogP contribution in [0, 0.1) is 5.82 Å². The van der Waals surface area contributed by atoms with Gasteiger partial charge < -0.3 is 14.7 Å². The number of benzene rings is 1. The van der Waals surface area contributed by atoms with Gasteiger partial charge in [0.15, 0.2) is 0 Å². The molecule has 1 aromatic carbocycles. The van der Waals surface area contributed by atoms with Gasteiger partial charge in [0.25, 0.3) is 0 Å². The lowest BCUT2D eigenvalue weighted by atomic mass is 9.85. The minimum atomic E-state index is -0.907. The molecule has 4 rings (SSSR count). The number of carbonyl (C=O) groups is 2. The van der Waals surface area contributed by atoms with Crippen LogP contribution in [-0.4, -0.2) is 41.6 Å². The third kappa shape index (κ3) is 3.56. The van der Waals surface area contributed by atoms with E-state index in [2.05, 4.69) is 0 Å². The predicted molar refractivity (Wildman–Crippen MR) is 103 cm³/mol. The third-order valence-electron chi connectivity index (χ3n) is 5.67. The Labute approximate surface area is 166 Å². The number of hydrogen-bond acceptors (Lipinski definition) is 4. The molecule has 0 atom stereocenters. The Balaban J connectivity index is 1.40. The van der Waals surface area contributed by atoms with Crippen molar-refractivity contribution in [1.82, 2.24) is 4.90 Å². The highest BCUT2D eigenvalue weighted by molar-refractivity contribution is 7.14. The molecule has 0 aliphatic carbocycles. The first-order chi connectivity index (χ1) is 13.5. The van der Waals surface area contributed by atoms with E-state index in [1.54, 1.807) is 24.3 Å². The number of hydrogen-bond donors (Lipinski definition) is 1. The first-order valence-corrected chi connectivity index (χ1v) is 10.3. The van der Waals surface area contributed by atoms with Crippen LogP contribution in [0.5, 0.6) is 0 Å². The number of rotatable bonds is 4. The largest absolute Gasteiger partial charge is 0.477 e. The van der Waals surface area contributed by atoms with E-state index in [-0.39, 0.29) is 18.1 Å². The zero-order valence-electron chi connectivity index (χ0n) is 15.4. The highest BCUT2D eigenvalue weighted by Gasteiger charge is 2.43. The highest BCUT2D eigenvalue weighted by atomic mass is 32.1. The molecule has 0 unspecified atom stereocenters. The molecule has 7 heteroatoms. The van der Waals surface area contributed by atoms with Crippen molar-refractivity contribution in [2.24, 2.45) is 0 Å². The van der Waals surface area contributed by atoms with Gasteiger partial charge in [-0.3, -0.25) is 4.79 Å². The standard InChI is InChI=1S/C21H22FNO4S/c22-16-4-2-1-3-14(16)5-6-18(24)23-10-8-21(9-11-23)19-15(7-12-27-21)13-17(28-19)20(25)26/h1-4,13H,5-12H2,(H,25,26). The van der Waals surface area contributed by atoms with Crippen LogP contribution in [0.1, 0.15) is 44.9 Å².